The van der Waals surface area contributed by atoms with Crippen molar-refractivity contribution < 1.29 is 35.4 Å². The minimum Gasteiger partial charge on any atom is -0.481 e. The van der Waals surface area contributed by atoms with Crippen LogP contribution in [0.4, 0.5) is 0 Å². The molecule has 1 unspecified atom stereocenters. The van der Waals surface area contributed by atoms with Crippen molar-refractivity contribution in [2.24, 2.45) is 56.7 Å². The minimum atomic E-state index is -1.25. The van der Waals surface area contributed by atoms with Gasteiger partial charge in [-0.25, -0.2) is 0 Å². The molecule has 2 spiro atoms. The third-order valence-corrected chi connectivity index (χ3v) is 14.3. The third kappa shape index (κ3) is 3.23. The lowest BCUT2D eigenvalue weighted by atomic mass is 9.41. The van der Waals surface area contributed by atoms with Gasteiger partial charge in [0.05, 0.1) is 35.9 Å². The van der Waals surface area contributed by atoms with E-state index in [4.69, 9.17) is 0 Å². The van der Waals surface area contributed by atoms with Crippen molar-refractivity contribution in [3.63, 3.8) is 0 Å². The molecule has 0 heterocycles. The smallest absolute Gasteiger partial charge is 0.312 e. The average Bonchev–Trinajstić information content (AvgIpc) is 3.48. The number of rotatable bonds is 7. The molecule has 0 aliphatic heterocycles. The van der Waals surface area contributed by atoms with E-state index in [1.165, 1.54) is 0 Å². The summed E-state index contributed by atoms with van der Waals surface area (Å²) in [4.78, 5) is 12.5. The zero-order valence-corrected chi connectivity index (χ0v) is 24.3. The summed E-state index contributed by atoms with van der Waals surface area (Å²) in [6.45, 7) is 12.2. The van der Waals surface area contributed by atoms with Gasteiger partial charge < -0.3 is 30.6 Å². The van der Waals surface area contributed by atoms with E-state index in [1.54, 1.807) is 6.92 Å². The number of hydrogen-bond acceptors (Lipinski definition) is 6. The molecule has 0 saturated heterocycles. The van der Waals surface area contributed by atoms with E-state index in [0.29, 0.717) is 25.2 Å². The van der Waals surface area contributed by atoms with Crippen molar-refractivity contribution in [2.75, 3.05) is 6.61 Å². The molecule has 218 valence electrons. The highest BCUT2D eigenvalue weighted by Gasteiger charge is 2.86. The molecule has 0 bridgehead atoms. The Morgan fingerprint density at radius 1 is 0.974 bits per heavy atom. The molecule has 5 aliphatic carbocycles. The van der Waals surface area contributed by atoms with E-state index in [2.05, 4.69) is 20.8 Å². The fourth-order valence-corrected chi connectivity index (χ4v) is 11.7. The standard InChI is InChI=1S/C31H52O7/c1-17(2)30(38,16-32)10-9-18(3)24-19(33)14-27(5)20-7-8-21-28(6,25(36)37)22(34)13-23(35)31(21)15-29(20,31)12-11-26(24,27)4/h17-24,32-35,38H,7-16H2,1-6H3,(H,36,37)/t18-,19+,20+,21+,22+,23+,24+,26-,27+,28+,29+,30?,31-/m1/s1. The van der Waals surface area contributed by atoms with Crippen molar-refractivity contribution in [2.45, 2.75) is 123 Å². The second-order valence-electron chi connectivity index (χ2n) is 15.5. The lowest BCUT2D eigenvalue weighted by molar-refractivity contribution is -0.210. The van der Waals surface area contributed by atoms with Crippen molar-refractivity contribution in [3.8, 4) is 0 Å². The first kappa shape index (κ1) is 28.8. The Morgan fingerprint density at radius 3 is 2.18 bits per heavy atom. The molecule has 5 saturated carbocycles. The molecule has 7 nitrogen and oxygen atoms in total. The fraction of sp³-hybridized carbons (Fsp3) is 0.968. The summed E-state index contributed by atoms with van der Waals surface area (Å²) in [5.74, 6) is -0.703. The van der Waals surface area contributed by atoms with Crippen LogP contribution in [-0.2, 0) is 4.79 Å². The highest BCUT2D eigenvalue weighted by molar-refractivity contribution is 5.76. The summed E-state index contributed by atoms with van der Waals surface area (Å²) in [7, 11) is 0. The number of carbonyl (C=O) groups is 1. The third-order valence-electron chi connectivity index (χ3n) is 14.3. The second kappa shape index (κ2) is 8.64. The van der Waals surface area contributed by atoms with Crippen molar-refractivity contribution in [1.29, 1.82) is 0 Å². The SMILES string of the molecule is CC(C)C(O)(CO)CC[C@@H](C)[C@H]1[C@@H](O)C[C@@]2(C)[C@@H]3CC[C@H]4[C@](C)(C(=O)O)[C@@H](O)C[C@H](O)[C@@]45C[C@@]35CC[C@]12C. The minimum absolute atomic E-state index is 0.0539. The number of fused-ring (bicyclic) bond motifs is 2. The first-order valence-electron chi connectivity index (χ1n) is 15.1. The van der Waals surface area contributed by atoms with Gasteiger partial charge in [0.2, 0.25) is 0 Å². The van der Waals surface area contributed by atoms with E-state index in [0.717, 1.165) is 32.1 Å². The van der Waals surface area contributed by atoms with Crippen LogP contribution in [0.5, 0.6) is 0 Å². The normalized spacial score (nSPS) is 53.8. The van der Waals surface area contributed by atoms with Crippen LogP contribution in [0, 0.1) is 56.7 Å². The Kier molecular flexibility index (Phi) is 6.54. The quantitative estimate of drug-likeness (QED) is 0.292. The molecule has 0 radical (unpaired) electrons. The average molecular weight is 537 g/mol. The largest absolute Gasteiger partial charge is 0.481 e. The highest BCUT2D eigenvalue weighted by atomic mass is 16.4. The van der Waals surface area contributed by atoms with Crippen LogP contribution in [-0.4, -0.2) is 67.1 Å². The van der Waals surface area contributed by atoms with Crippen molar-refractivity contribution in [1.82, 2.24) is 0 Å². The first-order chi connectivity index (χ1) is 17.5. The van der Waals surface area contributed by atoms with Gasteiger partial charge in [-0.2, -0.15) is 0 Å². The van der Waals surface area contributed by atoms with Gasteiger partial charge in [0, 0.05) is 11.8 Å². The predicted octanol–water partition coefficient (Wildman–Crippen LogP) is 3.59. The summed E-state index contributed by atoms with van der Waals surface area (Å²) < 4.78 is 0. The van der Waals surface area contributed by atoms with Gasteiger partial charge in [0.15, 0.2) is 0 Å². The van der Waals surface area contributed by atoms with Crippen LogP contribution in [0.2, 0.25) is 0 Å². The monoisotopic (exact) mass is 536 g/mol. The maximum atomic E-state index is 12.5. The van der Waals surface area contributed by atoms with E-state index in [-0.39, 0.29) is 52.9 Å². The van der Waals surface area contributed by atoms with E-state index >= 15 is 0 Å². The molecule has 5 fully saturated rings. The van der Waals surface area contributed by atoms with Crippen LogP contribution in [0.15, 0.2) is 0 Å². The van der Waals surface area contributed by atoms with E-state index in [1.807, 2.05) is 13.8 Å². The molecule has 0 aromatic carbocycles. The van der Waals surface area contributed by atoms with E-state index < -0.39 is 40.7 Å². The lowest BCUT2D eigenvalue weighted by Crippen LogP contribution is -2.63. The van der Waals surface area contributed by atoms with E-state index in [9.17, 15) is 35.4 Å². The number of aliphatic hydroxyl groups excluding tert-OH is 4. The van der Waals surface area contributed by atoms with Gasteiger partial charge in [-0.05, 0) is 104 Å². The number of aliphatic carboxylic acids is 1. The zero-order chi connectivity index (χ0) is 28.3. The molecule has 7 heteroatoms. The van der Waals surface area contributed by atoms with Crippen LogP contribution in [0.1, 0.15) is 99.3 Å². The Morgan fingerprint density at radius 2 is 1.61 bits per heavy atom. The molecule has 0 aromatic rings. The number of hydrogen-bond donors (Lipinski definition) is 6. The molecular formula is C31H52O7. The molecule has 6 N–H and O–H groups in total. The number of carboxylic acid groups (broad SMARTS) is 1. The zero-order valence-electron chi connectivity index (χ0n) is 24.3. The van der Waals surface area contributed by atoms with Gasteiger partial charge in [-0.15, -0.1) is 0 Å². The van der Waals surface area contributed by atoms with Gasteiger partial charge in [-0.3, -0.25) is 4.79 Å². The predicted molar refractivity (Wildman–Crippen MR) is 143 cm³/mol. The summed E-state index contributed by atoms with van der Waals surface area (Å²) in [5.41, 5.74) is -3.21. The molecule has 0 aromatic heterocycles. The highest BCUT2D eigenvalue weighted by Crippen LogP contribution is 2.89. The van der Waals surface area contributed by atoms with Gasteiger partial charge >= 0.3 is 5.97 Å². The van der Waals surface area contributed by atoms with Crippen LogP contribution < -0.4 is 0 Å². The van der Waals surface area contributed by atoms with Gasteiger partial charge in [0.1, 0.15) is 0 Å². The number of carboxylic acids is 1. The summed E-state index contributed by atoms with van der Waals surface area (Å²) in [6, 6.07) is 0. The summed E-state index contributed by atoms with van der Waals surface area (Å²) >= 11 is 0. The maximum Gasteiger partial charge on any atom is 0.312 e. The molecular weight excluding hydrogens is 484 g/mol. The molecule has 0 amide bonds. The lowest BCUT2D eigenvalue weighted by Gasteiger charge is -2.63. The molecule has 38 heavy (non-hydrogen) atoms. The van der Waals surface area contributed by atoms with Crippen molar-refractivity contribution >= 4 is 5.97 Å². The summed E-state index contributed by atoms with van der Waals surface area (Å²) in [5, 5.41) is 65.0. The topological polar surface area (TPSA) is 138 Å². The Hall–Kier alpha value is -0.730. The molecule has 5 rings (SSSR count). The fourth-order valence-electron chi connectivity index (χ4n) is 11.7. The van der Waals surface area contributed by atoms with Crippen LogP contribution >= 0.6 is 0 Å². The van der Waals surface area contributed by atoms with Gasteiger partial charge in [0.25, 0.3) is 0 Å². The Labute approximate surface area is 228 Å². The Balaban J connectivity index is 1.45. The number of aliphatic hydroxyl groups is 5. The first-order valence-corrected chi connectivity index (χ1v) is 15.1. The molecule has 13 atom stereocenters. The Bertz CT molecular complexity index is 970. The maximum absolute atomic E-state index is 12.5. The van der Waals surface area contributed by atoms with Crippen molar-refractivity contribution in [3.05, 3.63) is 0 Å². The van der Waals surface area contributed by atoms with Crippen LogP contribution in [0.3, 0.4) is 0 Å². The summed E-state index contributed by atoms with van der Waals surface area (Å²) in [6.07, 6.45) is 4.08. The van der Waals surface area contributed by atoms with Crippen LogP contribution in [0.25, 0.3) is 0 Å². The molecule has 5 aliphatic rings. The van der Waals surface area contributed by atoms with Gasteiger partial charge in [-0.1, -0.05) is 34.6 Å². The second-order valence-corrected chi connectivity index (χ2v) is 15.5.